The molecule has 10 heteroatoms. The van der Waals surface area contributed by atoms with Gasteiger partial charge >= 0.3 is 11.9 Å². The number of benzene rings is 1. The normalized spacial score (nSPS) is 14.3. The summed E-state index contributed by atoms with van der Waals surface area (Å²) < 4.78 is 4.72. The summed E-state index contributed by atoms with van der Waals surface area (Å²) >= 11 is 1.35. The number of carboxylic acid groups (broad SMARTS) is 1. The van der Waals surface area contributed by atoms with Gasteiger partial charge in [-0.15, -0.1) is 11.3 Å². The van der Waals surface area contributed by atoms with E-state index in [1.165, 1.54) is 18.4 Å². The van der Waals surface area contributed by atoms with Crippen LogP contribution in [-0.2, 0) is 20.7 Å². The Morgan fingerprint density at radius 2 is 1.87 bits per heavy atom. The first kappa shape index (κ1) is 22.7. The van der Waals surface area contributed by atoms with E-state index < -0.39 is 5.97 Å². The Bertz CT molecular complexity index is 907. The molecule has 3 rings (SSSR count). The minimum absolute atomic E-state index is 0.109. The van der Waals surface area contributed by atoms with Crippen LogP contribution in [0.3, 0.4) is 0 Å². The summed E-state index contributed by atoms with van der Waals surface area (Å²) in [7, 11) is 1.36. The standard InChI is InChI=1S/C21H26N4O5S/c1-30-20(29)15-5-7-17(8-6-15)25-11-9-24(10-12-25)13-18(26)23-21-22-16(14-31-21)3-2-4-19(27)28/h5-8,14H,2-4,9-13H2,1H3,(H,27,28)(H,22,23,26). The maximum Gasteiger partial charge on any atom is 0.337 e. The van der Waals surface area contributed by atoms with E-state index in [1.54, 1.807) is 12.1 Å². The molecule has 1 fully saturated rings. The minimum atomic E-state index is -0.818. The van der Waals surface area contributed by atoms with Crippen molar-refractivity contribution in [2.45, 2.75) is 19.3 Å². The van der Waals surface area contributed by atoms with Crippen LogP contribution in [0.15, 0.2) is 29.6 Å². The number of aliphatic carboxylic acids is 1. The summed E-state index contributed by atoms with van der Waals surface area (Å²) in [5.74, 6) is -1.28. The number of carboxylic acids is 1. The zero-order valence-corrected chi connectivity index (χ0v) is 18.2. The molecule has 0 saturated carbocycles. The second-order valence-corrected chi connectivity index (χ2v) is 8.10. The highest BCUT2D eigenvalue weighted by Crippen LogP contribution is 2.19. The molecule has 1 saturated heterocycles. The van der Waals surface area contributed by atoms with Crippen LogP contribution in [-0.4, -0.2) is 72.7 Å². The van der Waals surface area contributed by atoms with Crippen molar-refractivity contribution in [2.75, 3.05) is 50.1 Å². The summed E-state index contributed by atoms with van der Waals surface area (Å²) in [5.41, 5.74) is 2.36. The second-order valence-electron chi connectivity index (χ2n) is 7.24. The monoisotopic (exact) mass is 446 g/mol. The first-order valence-corrected chi connectivity index (χ1v) is 10.9. The van der Waals surface area contributed by atoms with Gasteiger partial charge in [0.25, 0.3) is 0 Å². The largest absolute Gasteiger partial charge is 0.481 e. The van der Waals surface area contributed by atoms with E-state index >= 15 is 0 Å². The summed E-state index contributed by atoms with van der Waals surface area (Å²) in [5, 5.41) is 13.9. The number of thiazole rings is 1. The van der Waals surface area contributed by atoms with Crippen molar-refractivity contribution >= 4 is 40.0 Å². The Balaban J connectivity index is 1.41. The number of nitrogens with one attached hydrogen (secondary N) is 1. The number of esters is 1. The van der Waals surface area contributed by atoms with Crippen molar-refractivity contribution in [3.63, 3.8) is 0 Å². The van der Waals surface area contributed by atoms with Gasteiger partial charge in [-0.05, 0) is 37.1 Å². The highest BCUT2D eigenvalue weighted by molar-refractivity contribution is 7.13. The fourth-order valence-corrected chi connectivity index (χ4v) is 4.11. The zero-order valence-electron chi connectivity index (χ0n) is 17.4. The third kappa shape index (κ3) is 6.76. The highest BCUT2D eigenvalue weighted by Gasteiger charge is 2.20. The average molecular weight is 447 g/mol. The lowest BCUT2D eigenvalue weighted by atomic mass is 10.2. The lowest BCUT2D eigenvalue weighted by Gasteiger charge is -2.35. The molecule has 1 aromatic carbocycles. The summed E-state index contributed by atoms with van der Waals surface area (Å²) in [4.78, 5) is 43.1. The van der Waals surface area contributed by atoms with E-state index in [4.69, 9.17) is 9.84 Å². The first-order chi connectivity index (χ1) is 14.9. The lowest BCUT2D eigenvalue weighted by Crippen LogP contribution is -2.48. The summed E-state index contributed by atoms with van der Waals surface area (Å²) in [6.07, 6.45) is 1.23. The zero-order chi connectivity index (χ0) is 22.2. The molecule has 0 spiro atoms. The molecule has 1 aliphatic rings. The number of methoxy groups -OCH3 is 1. The van der Waals surface area contributed by atoms with E-state index in [9.17, 15) is 14.4 Å². The number of piperazine rings is 1. The van der Waals surface area contributed by atoms with Crippen LogP contribution in [0.25, 0.3) is 0 Å². The number of ether oxygens (including phenoxy) is 1. The molecular formula is C21H26N4O5S. The summed E-state index contributed by atoms with van der Waals surface area (Å²) in [6, 6.07) is 7.33. The van der Waals surface area contributed by atoms with Gasteiger partial charge in [0.15, 0.2) is 5.13 Å². The fourth-order valence-electron chi connectivity index (χ4n) is 3.35. The number of aromatic nitrogens is 1. The molecule has 0 atom stereocenters. The molecule has 2 heterocycles. The number of hydrogen-bond donors (Lipinski definition) is 2. The van der Waals surface area contributed by atoms with Crippen LogP contribution in [0.4, 0.5) is 10.8 Å². The van der Waals surface area contributed by atoms with E-state index in [-0.39, 0.29) is 18.3 Å². The van der Waals surface area contributed by atoms with Gasteiger partial charge in [0.2, 0.25) is 5.91 Å². The third-order valence-corrected chi connectivity index (χ3v) is 5.82. The molecule has 1 amide bonds. The maximum atomic E-state index is 12.4. The highest BCUT2D eigenvalue weighted by atomic mass is 32.1. The van der Waals surface area contributed by atoms with Crippen LogP contribution in [0.1, 0.15) is 28.9 Å². The second kappa shape index (κ2) is 10.9. The molecule has 2 aromatic rings. The third-order valence-electron chi connectivity index (χ3n) is 5.01. The molecule has 0 bridgehead atoms. The quantitative estimate of drug-likeness (QED) is 0.563. The molecule has 1 aliphatic heterocycles. The molecule has 31 heavy (non-hydrogen) atoms. The van der Waals surface area contributed by atoms with Crippen molar-refractivity contribution in [3.8, 4) is 0 Å². The van der Waals surface area contributed by atoms with Crippen molar-refractivity contribution in [2.24, 2.45) is 0 Å². The van der Waals surface area contributed by atoms with Crippen molar-refractivity contribution < 1.29 is 24.2 Å². The molecule has 9 nitrogen and oxygen atoms in total. The Hall–Kier alpha value is -2.98. The van der Waals surface area contributed by atoms with Gasteiger partial charge in [-0.2, -0.15) is 0 Å². The number of hydrogen-bond acceptors (Lipinski definition) is 8. The fraction of sp³-hybridized carbons (Fsp3) is 0.429. The number of aryl methyl sites for hydroxylation is 1. The number of carbonyl (C=O) groups is 3. The van der Waals surface area contributed by atoms with E-state index in [1.807, 2.05) is 17.5 Å². The van der Waals surface area contributed by atoms with E-state index in [2.05, 4.69) is 20.1 Å². The van der Waals surface area contributed by atoms with Crippen molar-refractivity contribution in [1.82, 2.24) is 9.88 Å². The topological polar surface area (TPSA) is 112 Å². The molecule has 0 unspecified atom stereocenters. The van der Waals surface area contributed by atoms with Gasteiger partial charge in [-0.3, -0.25) is 14.5 Å². The number of anilines is 2. The van der Waals surface area contributed by atoms with Gasteiger partial charge in [-0.1, -0.05) is 0 Å². The van der Waals surface area contributed by atoms with Gasteiger partial charge < -0.3 is 20.1 Å². The van der Waals surface area contributed by atoms with Gasteiger partial charge in [-0.25, -0.2) is 9.78 Å². The van der Waals surface area contributed by atoms with Crippen LogP contribution in [0, 0.1) is 0 Å². The predicted molar refractivity (Wildman–Crippen MR) is 118 cm³/mol. The number of rotatable bonds is 9. The SMILES string of the molecule is COC(=O)c1ccc(N2CCN(CC(=O)Nc3nc(CCCC(=O)O)cs3)CC2)cc1. The summed E-state index contributed by atoms with van der Waals surface area (Å²) in [6.45, 7) is 3.38. The van der Waals surface area contributed by atoms with Crippen LogP contribution >= 0.6 is 11.3 Å². The molecule has 1 aromatic heterocycles. The first-order valence-electron chi connectivity index (χ1n) is 10.1. The van der Waals surface area contributed by atoms with E-state index in [0.29, 0.717) is 30.1 Å². The maximum absolute atomic E-state index is 12.4. The van der Waals surface area contributed by atoms with Gasteiger partial charge in [0, 0.05) is 43.7 Å². The Morgan fingerprint density at radius 3 is 2.52 bits per heavy atom. The Labute approximate surface area is 184 Å². The minimum Gasteiger partial charge on any atom is -0.481 e. The number of amides is 1. The van der Waals surface area contributed by atoms with Crippen LogP contribution in [0.5, 0.6) is 0 Å². The molecule has 0 aliphatic carbocycles. The Kier molecular flexibility index (Phi) is 7.96. The average Bonchev–Trinajstić information content (AvgIpc) is 3.20. The van der Waals surface area contributed by atoms with Crippen molar-refractivity contribution in [1.29, 1.82) is 0 Å². The van der Waals surface area contributed by atoms with Gasteiger partial charge in [0.1, 0.15) is 0 Å². The van der Waals surface area contributed by atoms with Crippen LogP contribution < -0.4 is 10.2 Å². The molecule has 0 radical (unpaired) electrons. The van der Waals surface area contributed by atoms with Gasteiger partial charge in [0.05, 0.1) is 24.9 Å². The van der Waals surface area contributed by atoms with E-state index in [0.717, 1.165) is 37.6 Å². The molecule has 2 N–H and O–H groups in total. The predicted octanol–water partition coefficient (Wildman–Crippen LogP) is 2.10. The lowest BCUT2D eigenvalue weighted by molar-refractivity contribution is -0.137. The van der Waals surface area contributed by atoms with Crippen molar-refractivity contribution in [3.05, 3.63) is 40.9 Å². The van der Waals surface area contributed by atoms with Crippen LogP contribution in [0.2, 0.25) is 0 Å². The Morgan fingerprint density at radius 1 is 1.16 bits per heavy atom. The molecule has 166 valence electrons. The number of carbonyl (C=O) groups excluding carboxylic acids is 2. The smallest absolute Gasteiger partial charge is 0.337 e. The molecular weight excluding hydrogens is 420 g/mol. The number of nitrogens with zero attached hydrogens (tertiary/aromatic N) is 3.